The van der Waals surface area contributed by atoms with Gasteiger partial charge in [-0.15, -0.1) is 0 Å². The van der Waals surface area contributed by atoms with E-state index in [1.54, 1.807) is 13.0 Å². The molecule has 0 bridgehead atoms. The van der Waals surface area contributed by atoms with Crippen LogP contribution in [0.3, 0.4) is 0 Å². The van der Waals surface area contributed by atoms with Crippen molar-refractivity contribution in [3.8, 4) is 0 Å². The molecule has 0 aliphatic carbocycles. The predicted octanol–water partition coefficient (Wildman–Crippen LogP) is 2.43. The van der Waals surface area contributed by atoms with Gasteiger partial charge >= 0.3 is 5.97 Å². The molecule has 4 nitrogen and oxygen atoms in total. The fourth-order valence-electron chi connectivity index (χ4n) is 1.33. The molecule has 0 aliphatic heterocycles. The average Bonchev–Trinajstić information content (AvgIpc) is 2.27. The summed E-state index contributed by atoms with van der Waals surface area (Å²) in [5, 5.41) is 11.3. The lowest BCUT2D eigenvalue weighted by molar-refractivity contribution is -0.141. The monoisotopic (exact) mass is 317 g/mol. The SMILES string of the molecule is CC(NC(=O)c1c(F)cccc1Br)C(C)C(=O)O. The van der Waals surface area contributed by atoms with E-state index in [1.807, 2.05) is 0 Å². The summed E-state index contributed by atoms with van der Waals surface area (Å²) < 4.78 is 13.8. The molecule has 1 aromatic carbocycles. The Morgan fingerprint density at radius 2 is 2.00 bits per heavy atom. The first-order chi connectivity index (χ1) is 8.34. The molecule has 0 spiro atoms. The number of aliphatic carboxylic acids is 1. The molecule has 0 radical (unpaired) electrons. The van der Waals surface area contributed by atoms with Gasteiger partial charge < -0.3 is 10.4 Å². The minimum Gasteiger partial charge on any atom is -0.481 e. The van der Waals surface area contributed by atoms with Gasteiger partial charge in [-0.25, -0.2) is 4.39 Å². The molecule has 1 amide bonds. The maximum absolute atomic E-state index is 13.5. The number of nitrogens with one attached hydrogen (secondary N) is 1. The van der Waals surface area contributed by atoms with Gasteiger partial charge in [-0.3, -0.25) is 9.59 Å². The lowest BCUT2D eigenvalue weighted by atomic mass is 10.0. The molecule has 1 aromatic rings. The van der Waals surface area contributed by atoms with E-state index in [2.05, 4.69) is 21.2 Å². The highest BCUT2D eigenvalue weighted by atomic mass is 79.9. The van der Waals surface area contributed by atoms with Crippen molar-refractivity contribution < 1.29 is 19.1 Å². The van der Waals surface area contributed by atoms with Gasteiger partial charge in [0.1, 0.15) is 5.82 Å². The molecular weight excluding hydrogens is 305 g/mol. The highest BCUT2D eigenvalue weighted by molar-refractivity contribution is 9.10. The van der Waals surface area contributed by atoms with Crippen molar-refractivity contribution in [2.45, 2.75) is 19.9 Å². The van der Waals surface area contributed by atoms with Crippen LogP contribution in [0.2, 0.25) is 0 Å². The maximum Gasteiger partial charge on any atom is 0.308 e. The molecule has 1 rings (SSSR count). The van der Waals surface area contributed by atoms with Gasteiger partial charge in [-0.05, 0) is 41.9 Å². The fourth-order valence-corrected chi connectivity index (χ4v) is 1.85. The van der Waals surface area contributed by atoms with E-state index in [4.69, 9.17) is 5.11 Å². The number of hydrogen-bond acceptors (Lipinski definition) is 2. The van der Waals surface area contributed by atoms with Crippen molar-refractivity contribution in [3.05, 3.63) is 34.1 Å². The molecule has 0 aliphatic rings. The summed E-state index contributed by atoms with van der Waals surface area (Å²) in [6.07, 6.45) is 0. The Kier molecular flexibility index (Phi) is 4.84. The Morgan fingerprint density at radius 3 is 2.50 bits per heavy atom. The van der Waals surface area contributed by atoms with Crippen molar-refractivity contribution in [1.82, 2.24) is 5.32 Å². The molecule has 6 heteroatoms. The number of carboxylic acids is 1. The Bertz CT molecular complexity index is 458. The van der Waals surface area contributed by atoms with E-state index in [0.29, 0.717) is 4.47 Å². The van der Waals surface area contributed by atoms with Crippen molar-refractivity contribution >= 4 is 27.8 Å². The highest BCUT2D eigenvalue weighted by Crippen LogP contribution is 2.19. The summed E-state index contributed by atoms with van der Waals surface area (Å²) in [6.45, 7) is 3.04. The van der Waals surface area contributed by atoms with Crippen LogP contribution < -0.4 is 5.32 Å². The largest absolute Gasteiger partial charge is 0.481 e. The summed E-state index contributed by atoms with van der Waals surface area (Å²) >= 11 is 3.09. The Hall–Kier alpha value is -1.43. The number of halogens is 2. The number of amides is 1. The maximum atomic E-state index is 13.5. The molecule has 0 saturated carbocycles. The zero-order chi connectivity index (χ0) is 13.9. The second kappa shape index (κ2) is 5.95. The first kappa shape index (κ1) is 14.6. The number of carbonyl (C=O) groups excluding carboxylic acids is 1. The summed E-state index contributed by atoms with van der Waals surface area (Å²) in [5.41, 5.74) is -0.123. The topological polar surface area (TPSA) is 66.4 Å². The van der Waals surface area contributed by atoms with Crippen LogP contribution in [-0.4, -0.2) is 23.0 Å². The minimum atomic E-state index is -1.02. The Labute approximate surface area is 112 Å². The van der Waals surface area contributed by atoms with Crippen molar-refractivity contribution in [2.75, 3.05) is 0 Å². The molecule has 18 heavy (non-hydrogen) atoms. The number of benzene rings is 1. The zero-order valence-corrected chi connectivity index (χ0v) is 11.5. The quantitative estimate of drug-likeness (QED) is 0.896. The summed E-state index contributed by atoms with van der Waals surface area (Å²) in [7, 11) is 0. The van der Waals surface area contributed by atoms with Crippen LogP contribution in [0.1, 0.15) is 24.2 Å². The van der Waals surface area contributed by atoms with Gasteiger partial charge in [0.15, 0.2) is 0 Å². The first-order valence-corrected chi connectivity index (χ1v) is 6.11. The van der Waals surface area contributed by atoms with E-state index >= 15 is 0 Å². The van der Waals surface area contributed by atoms with Crippen LogP contribution in [0.4, 0.5) is 4.39 Å². The lowest BCUT2D eigenvalue weighted by Crippen LogP contribution is -2.40. The van der Waals surface area contributed by atoms with E-state index in [0.717, 1.165) is 0 Å². The van der Waals surface area contributed by atoms with Crippen LogP contribution in [0, 0.1) is 11.7 Å². The third-order valence-electron chi connectivity index (χ3n) is 2.69. The summed E-state index contributed by atoms with van der Waals surface area (Å²) in [6, 6.07) is 3.59. The fraction of sp³-hybridized carbons (Fsp3) is 0.333. The molecule has 2 atom stereocenters. The summed E-state index contributed by atoms with van der Waals surface area (Å²) in [4.78, 5) is 22.6. The molecule has 0 heterocycles. The Morgan fingerprint density at radius 1 is 1.39 bits per heavy atom. The van der Waals surface area contributed by atoms with Gasteiger partial charge in [-0.2, -0.15) is 0 Å². The summed E-state index contributed by atoms with van der Waals surface area (Å²) in [5.74, 6) is -3.06. The zero-order valence-electron chi connectivity index (χ0n) is 9.91. The van der Waals surface area contributed by atoms with Crippen LogP contribution in [0.15, 0.2) is 22.7 Å². The number of carbonyl (C=O) groups is 2. The van der Waals surface area contributed by atoms with Crippen LogP contribution in [0.5, 0.6) is 0 Å². The van der Waals surface area contributed by atoms with Gasteiger partial charge in [0.05, 0.1) is 11.5 Å². The molecule has 2 unspecified atom stereocenters. The molecular formula is C12H13BrFNO3. The molecule has 0 saturated heterocycles. The lowest BCUT2D eigenvalue weighted by Gasteiger charge is -2.18. The normalized spacial score (nSPS) is 13.8. The van der Waals surface area contributed by atoms with E-state index in [9.17, 15) is 14.0 Å². The second-order valence-corrected chi connectivity index (χ2v) is 4.84. The van der Waals surface area contributed by atoms with E-state index in [1.165, 1.54) is 19.1 Å². The average molecular weight is 318 g/mol. The standard InChI is InChI=1S/C12H13BrFNO3/c1-6(12(17)18)7(2)15-11(16)10-8(13)4-3-5-9(10)14/h3-7H,1-2H3,(H,15,16)(H,17,18). The van der Waals surface area contributed by atoms with Gasteiger partial charge in [0.25, 0.3) is 5.91 Å². The highest BCUT2D eigenvalue weighted by Gasteiger charge is 2.23. The third-order valence-corrected chi connectivity index (χ3v) is 3.35. The minimum absolute atomic E-state index is 0.123. The van der Waals surface area contributed by atoms with E-state index in [-0.39, 0.29) is 5.56 Å². The first-order valence-electron chi connectivity index (χ1n) is 5.32. The number of rotatable bonds is 4. The number of hydrogen-bond donors (Lipinski definition) is 2. The van der Waals surface area contributed by atoms with Crippen molar-refractivity contribution in [1.29, 1.82) is 0 Å². The van der Waals surface area contributed by atoms with Crippen LogP contribution in [0.25, 0.3) is 0 Å². The van der Waals surface area contributed by atoms with Gasteiger partial charge in [-0.1, -0.05) is 6.07 Å². The van der Waals surface area contributed by atoms with Crippen LogP contribution >= 0.6 is 15.9 Å². The molecule has 0 aromatic heterocycles. The van der Waals surface area contributed by atoms with E-state index < -0.39 is 29.7 Å². The van der Waals surface area contributed by atoms with Crippen LogP contribution in [-0.2, 0) is 4.79 Å². The van der Waals surface area contributed by atoms with Crippen molar-refractivity contribution in [2.24, 2.45) is 5.92 Å². The van der Waals surface area contributed by atoms with Gasteiger partial charge in [0, 0.05) is 10.5 Å². The number of carboxylic acid groups (broad SMARTS) is 1. The second-order valence-electron chi connectivity index (χ2n) is 3.99. The third kappa shape index (κ3) is 3.29. The van der Waals surface area contributed by atoms with Gasteiger partial charge in [0.2, 0.25) is 0 Å². The molecule has 98 valence electrons. The molecule has 0 fully saturated rings. The van der Waals surface area contributed by atoms with Crippen molar-refractivity contribution in [3.63, 3.8) is 0 Å². The predicted molar refractivity (Wildman–Crippen MR) is 67.8 cm³/mol. The smallest absolute Gasteiger partial charge is 0.308 e. The molecule has 2 N–H and O–H groups in total. The Balaban J connectivity index is 2.86.